The second kappa shape index (κ2) is 10.3. The highest BCUT2D eigenvalue weighted by Gasteiger charge is 2.46. The molecule has 0 aliphatic carbocycles. The van der Waals surface area contributed by atoms with Crippen LogP contribution >= 0.6 is 0 Å². The van der Waals surface area contributed by atoms with Gasteiger partial charge < -0.3 is 19.5 Å². The first-order chi connectivity index (χ1) is 12.7. The molecule has 1 amide bonds. The normalized spacial score (nSPS) is 12.9. The number of methoxy groups -OCH3 is 2. The molecule has 1 rings (SSSR count). The molecule has 0 spiro atoms. The number of nitrogens with one attached hydrogen (secondary N) is 1. The number of ether oxygens (including phenoxy) is 3. The number of amides is 1. The number of carbonyl (C=O) groups is 4. The zero-order chi connectivity index (χ0) is 20.6. The van der Waals surface area contributed by atoms with Crippen LogP contribution in [0.2, 0.25) is 0 Å². The van der Waals surface area contributed by atoms with Crippen molar-refractivity contribution in [3.63, 3.8) is 0 Å². The maximum atomic E-state index is 12.6. The lowest BCUT2D eigenvalue weighted by atomic mass is 9.86. The number of carbonyl (C=O) groups excluding carboxylic acids is 4. The van der Waals surface area contributed by atoms with Gasteiger partial charge in [0.15, 0.2) is 5.92 Å². The van der Waals surface area contributed by atoms with Crippen LogP contribution < -0.4 is 5.32 Å². The largest absolute Gasteiger partial charge is 0.468 e. The van der Waals surface area contributed by atoms with E-state index in [4.69, 9.17) is 4.74 Å². The van der Waals surface area contributed by atoms with Gasteiger partial charge >= 0.3 is 17.9 Å². The fraction of sp³-hybridized carbons (Fsp3) is 0.474. The average molecular weight is 379 g/mol. The van der Waals surface area contributed by atoms with Gasteiger partial charge in [0.1, 0.15) is 5.92 Å². The van der Waals surface area contributed by atoms with Crippen molar-refractivity contribution in [2.45, 2.75) is 32.9 Å². The number of hydrogen-bond donors (Lipinski definition) is 1. The molecule has 148 valence electrons. The molecule has 1 aromatic rings. The first-order valence-electron chi connectivity index (χ1n) is 8.45. The molecule has 27 heavy (non-hydrogen) atoms. The van der Waals surface area contributed by atoms with Gasteiger partial charge in [0.25, 0.3) is 5.91 Å². The third-order valence-corrected chi connectivity index (χ3v) is 3.83. The standard InChI is InChI=1S/C19H25NO7/c1-11(2)27-19(24)14(15(17(22)25-4)18(23)26-5)12(3)20-16(21)13-9-7-6-8-10-13/h6-12,14-15H,1-5H3,(H,20,21). The lowest BCUT2D eigenvalue weighted by molar-refractivity contribution is -0.172. The third-order valence-electron chi connectivity index (χ3n) is 3.83. The first-order valence-corrected chi connectivity index (χ1v) is 8.45. The Balaban J connectivity index is 3.18. The number of rotatable bonds is 8. The molecule has 2 unspecified atom stereocenters. The summed E-state index contributed by atoms with van der Waals surface area (Å²) in [6.07, 6.45) is -0.479. The molecule has 0 saturated heterocycles. The van der Waals surface area contributed by atoms with E-state index in [1.54, 1.807) is 44.2 Å². The molecule has 1 aromatic carbocycles. The van der Waals surface area contributed by atoms with Gasteiger partial charge in [-0.3, -0.25) is 19.2 Å². The highest BCUT2D eigenvalue weighted by molar-refractivity contribution is 6.00. The first kappa shape index (κ1) is 22.1. The number of esters is 3. The van der Waals surface area contributed by atoms with Crippen molar-refractivity contribution in [2.75, 3.05) is 14.2 Å². The van der Waals surface area contributed by atoms with E-state index in [2.05, 4.69) is 14.8 Å². The monoisotopic (exact) mass is 379 g/mol. The van der Waals surface area contributed by atoms with Crippen molar-refractivity contribution in [1.82, 2.24) is 5.32 Å². The fourth-order valence-corrected chi connectivity index (χ4v) is 2.55. The van der Waals surface area contributed by atoms with E-state index in [-0.39, 0.29) is 0 Å². The van der Waals surface area contributed by atoms with E-state index in [0.717, 1.165) is 14.2 Å². The minimum atomic E-state index is -1.57. The Morgan fingerprint density at radius 2 is 1.37 bits per heavy atom. The summed E-state index contributed by atoms with van der Waals surface area (Å²) in [7, 11) is 2.19. The lowest BCUT2D eigenvalue weighted by Gasteiger charge is -2.28. The third kappa shape index (κ3) is 6.09. The number of hydrogen-bond acceptors (Lipinski definition) is 7. The maximum Gasteiger partial charge on any atom is 0.321 e. The second-order valence-electron chi connectivity index (χ2n) is 6.16. The Bertz CT molecular complexity index is 656. The maximum absolute atomic E-state index is 12.6. The van der Waals surface area contributed by atoms with E-state index in [1.165, 1.54) is 6.92 Å². The Hall–Kier alpha value is -2.90. The van der Waals surface area contributed by atoms with Crippen molar-refractivity contribution in [2.24, 2.45) is 11.8 Å². The van der Waals surface area contributed by atoms with Crippen LogP contribution in [0.15, 0.2) is 30.3 Å². The summed E-state index contributed by atoms with van der Waals surface area (Å²) in [5, 5.41) is 2.63. The van der Waals surface area contributed by atoms with Gasteiger partial charge in [0.2, 0.25) is 0 Å². The average Bonchev–Trinajstić information content (AvgIpc) is 2.64. The van der Waals surface area contributed by atoms with E-state index < -0.39 is 47.8 Å². The molecule has 0 aliphatic heterocycles. The molecule has 1 N–H and O–H groups in total. The summed E-state index contributed by atoms with van der Waals surface area (Å²) in [4.78, 5) is 49.3. The van der Waals surface area contributed by atoms with Gasteiger partial charge in [-0.15, -0.1) is 0 Å². The summed E-state index contributed by atoms with van der Waals surface area (Å²) in [5.41, 5.74) is 0.369. The zero-order valence-electron chi connectivity index (χ0n) is 16.1. The van der Waals surface area contributed by atoms with Crippen LogP contribution in [0.3, 0.4) is 0 Å². The van der Waals surface area contributed by atoms with Crippen LogP contribution in [-0.2, 0) is 28.6 Å². The summed E-state index contributed by atoms with van der Waals surface area (Å²) in [6, 6.07) is 7.43. The Labute approximate surface area is 158 Å². The van der Waals surface area contributed by atoms with Crippen molar-refractivity contribution in [3.8, 4) is 0 Å². The molecule has 8 heteroatoms. The van der Waals surface area contributed by atoms with Crippen molar-refractivity contribution >= 4 is 23.8 Å². The quantitative estimate of drug-likeness (QED) is 0.412. The van der Waals surface area contributed by atoms with Gasteiger partial charge in [-0.1, -0.05) is 18.2 Å². The summed E-state index contributed by atoms with van der Waals surface area (Å²) in [5.74, 6) is -6.07. The zero-order valence-corrected chi connectivity index (χ0v) is 16.1. The molecule has 2 atom stereocenters. The minimum absolute atomic E-state index is 0.369. The summed E-state index contributed by atoms with van der Waals surface area (Å²) in [6.45, 7) is 4.77. The van der Waals surface area contributed by atoms with Crippen LogP contribution in [0.1, 0.15) is 31.1 Å². The molecule has 0 radical (unpaired) electrons. The second-order valence-corrected chi connectivity index (χ2v) is 6.16. The van der Waals surface area contributed by atoms with Crippen LogP contribution in [0.4, 0.5) is 0 Å². The highest BCUT2D eigenvalue weighted by atomic mass is 16.6. The Morgan fingerprint density at radius 1 is 0.852 bits per heavy atom. The fourth-order valence-electron chi connectivity index (χ4n) is 2.55. The lowest BCUT2D eigenvalue weighted by Crippen LogP contribution is -2.50. The van der Waals surface area contributed by atoms with Crippen LogP contribution in [0.5, 0.6) is 0 Å². The molecule has 0 bridgehead atoms. The molecule has 8 nitrogen and oxygen atoms in total. The van der Waals surface area contributed by atoms with E-state index in [0.29, 0.717) is 5.56 Å². The Morgan fingerprint density at radius 3 is 1.81 bits per heavy atom. The summed E-state index contributed by atoms with van der Waals surface area (Å²) < 4.78 is 14.5. The molecule has 0 heterocycles. The van der Waals surface area contributed by atoms with Crippen molar-refractivity contribution in [1.29, 1.82) is 0 Å². The molecule has 0 aliphatic rings. The van der Waals surface area contributed by atoms with Gasteiger partial charge in [-0.25, -0.2) is 0 Å². The van der Waals surface area contributed by atoms with E-state index in [9.17, 15) is 19.2 Å². The van der Waals surface area contributed by atoms with Crippen LogP contribution in [0.25, 0.3) is 0 Å². The minimum Gasteiger partial charge on any atom is -0.468 e. The van der Waals surface area contributed by atoms with Gasteiger partial charge in [0, 0.05) is 11.6 Å². The predicted octanol–water partition coefficient (Wildman–Crippen LogP) is 1.33. The predicted molar refractivity (Wildman–Crippen MR) is 95.6 cm³/mol. The molecule has 0 fully saturated rings. The Kier molecular flexibility index (Phi) is 8.44. The van der Waals surface area contributed by atoms with Gasteiger partial charge in [-0.05, 0) is 32.9 Å². The van der Waals surface area contributed by atoms with Gasteiger partial charge in [0.05, 0.1) is 20.3 Å². The molecule has 0 saturated carbocycles. The van der Waals surface area contributed by atoms with Crippen LogP contribution in [0, 0.1) is 11.8 Å². The smallest absolute Gasteiger partial charge is 0.321 e. The van der Waals surface area contributed by atoms with Crippen molar-refractivity contribution < 1.29 is 33.4 Å². The van der Waals surface area contributed by atoms with Crippen LogP contribution in [-0.4, -0.2) is 50.2 Å². The highest BCUT2D eigenvalue weighted by Crippen LogP contribution is 2.23. The molecule has 0 aromatic heterocycles. The number of benzene rings is 1. The van der Waals surface area contributed by atoms with Gasteiger partial charge in [-0.2, -0.15) is 0 Å². The molecular formula is C19H25NO7. The SMILES string of the molecule is COC(=O)C(C(=O)OC)C(C(=O)OC(C)C)C(C)NC(=O)c1ccccc1. The summed E-state index contributed by atoms with van der Waals surface area (Å²) >= 11 is 0. The topological polar surface area (TPSA) is 108 Å². The van der Waals surface area contributed by atoms with E-state index in [1.807, 2.05) is 0 Å². The van der Waals surface area contributed by atoms with Crippen molar-refractivity contribution in [3.05, 3.63) is 35.9 Å². The van der Waals surface area contributed by atoms with E-state index >= 15 is 0 Å². The molecular weight excluding hydrogens is 354 g/mol.